The Labute approximate surface area is 139 Å². The van der Waals surface area contributed by atoms with Gasteiger partial charge in [-0.1, -0.05) is 38.0 Å². The molecule has 1 aromatic heterocycles. The summed E-state index contributed by atoms with van der Waals surface area (Å²) in [5.41, 5.74) is 1.81. The molecule has 0 aliphatic carbocycles. The molecule has 1 atom stereocenters. The van der Waals surface area contributed by atoms with E-state index in [2.05, 4.69) is 10.3 Å². The summed E-state index contributed by atoms with van der Waals surface area (Å²) < 4.78 is 57.9. The third-order valence-electron chi connectivity index (χ3n) is 3.44. The molecule has 0 spiro atoms. The van der Waals surface area contributed by atoms with Gasteiger partial charge in [-0.2, -0.15) is 0 Å². The molecule has 1 unspecified atom stereocenters. The number of hydrogen-bond donors (Lipinski definition) is 3. The van der Waals surface area contributed by atoms with Crippen molar-refractivity contribution in [2.24, 2.45) is 0 Å². The van der Waals surface area contributed by atoms with Crippen molar-refractivity contribution in [1.29, 1.82) is 0 Å². The first kappa shape index (κ1) is 8.56. The predicted molar refractivity (Wildman–Crippen MR) is 90.4 cm³/mol. The highest BCUT2D eigenvalue weighted by molar-refractivity contribution is 6.10. The Morgan fingerprint density at radius 1 is 1.23 bits per heavy atom. The van der Waals surface area contributed by atoms with Crippen LogP contribution in [0.15, 0.2) is 42.5 Å². The molecule has 0 aliphatic rings. The summed E-state index contributed by atoms with van der Waals surface area (Å²) in [4.78, 5) is 3.28. The second kappa shape index (κ2) is 6.38. The SMILES string of the molecule is [2H]C([2H])([2H])C([2H])(NCC(O)COc1cccc2[nH]c3ccccc3c12)C([2H])([2H])[2H]. The Balaban J connectivity index is 1.72. The van der Waals surface area contributed by atoms with Crippen LogP contribution >= 0.6 is 0 Å². The van der Waals surface area contributed by atoms with E-state index >= 15 is 0 Å². The zero-order valence-electron chi connectivity index (χ0n) is 18.9. The van der Waals surface area contributed by atoms with Gasteiger partial charge in [0, 0.05) is 38.4 Å². The van der Waals surface area contributed by atoms with Crippen LogP contribution in [-0.4, -0.2) is 35.4 Å². The Hall–Kier alpha value is -2.04. The Morgan fingerprint density at radius 2 is 2.05 bits per heavy atom. The van der Waals surface area contributed by atoms with Gasteiger partial charge in [0.2, 0.25) is 0 Å². The fourth-order valence-electron chi connectivity index (χ4n) is 2.45. The van der Waals surface area contributed by atoms with Gasteiger partial charge in [0.25, 0.3) is 0 Å². The number of ether oxygens (including phenoxy) is 1. The summed E-state index contributed by atoms with van der Waals surface area (Å²) in [5.74, 6) is 0.530. The maximum Gasteiger partial charge on any atom is 0.129 e. The van der Waals surface area contributed by atoms with Crippen molar-refractivity contribution in [3.05, 3.63) is 42.5 Å². The summed E-state index contributed by atoms with van der Waals surface area (Å²) in [5, 5.41) is 14.2. The molecule has 0 saturated heterocycles. The lowest BCUT2D eigenvalue weighted by molar-refractivity contribution is 0.105. The zero-order chi connectivity index (χ0) is 21.4. The molecule has 0 fully saturated rings. The van der Waals surface area contributed by atoms with Crippen molar-refractivity contribution in [2.45, 2.75) is 25.8 Å². The normalized spacial score (nSPS) is 19.4. The van der Waals surface area contributed by atoms with Crippen molar-refractivity contribution >= 4 is 21.8 Å². The summed E-state index contributed by atoms with van der Waals surface area (Å²) in [6.07, 6.45) is -1.22. The first-order valence-electron chi connectivity index (χ1n) is 10.5. The lowest BCUT2D eigenvalue weighted by Gasteiger charge is -2.15. The molecule has 0 amide bonds. The largest absolute Gasteiger partial charge is 0.490 e. The maximum absolute atomic E-state index is 10.2. The number of H-pyrrole nitrogens is 1. The Morgan fingerprint density at radius 3 is 2.91 bits per heavy atom. The van der Waals surface area contributed by atoms with Crippen molar-refractivity contribution in [2.75, 3.05) is 13.2 Å². The summed E-state index contributed by atoms with van der Waals surface area (Å²) >= 11 is 0. The van der Waals surface area contributed by atoms with E-state index in [-0.39, 0.29) is 6.61 Å². The monoisotopic (exact) mass is 305 g/mol. The van der Waals surface area contributed by atoms with Crippen LogP contribution in [0, 0.1) is 0 Å². The molecule has 3 rings (SSSR count). The van der Waals surface area contributed by atoms with Gasteiger partial charge in [-0.3, -0.25) is 0 Å². The van der Waals surface area contributed by atoms with E-state index < -0.39 is 32.4 Å². The number of hydrogen-bond acceptors (Lipinski definition) is 3. The molecule has 0 aliphatic heterocycles. The lowest BCUT2D eigenvalue weighted by atomic mass is 10.1. The maximum atomic E-state index is 10.2. The molecule has 22 heavy (non-hydrogen) atoms. The minimum atomic E-state index is -3.10. The molecule has 4 nitrogen and oxygen atoms in total. The number of aromatic amines is 1. The third-order valence-corrected chi connectivity index (χ3v) is 3.44. The van der Waals surface area contributed by atoms with Crippen LogP contribution in [0.2, 0.25) is 0 Å². The average molecular weight is 305 g/mol. The number of aromatic nitrogens is 1. The first-order valence-corrected chi connectivity index (χ1v) is 6.99. The van der Waals surface area contributed by atoms with Gasteiger partial charge < -0.3 is 20.1 Å². The fourth-order valence-corrected chi connectivity index (χ4v) is 2.45. The lowest BCUT2D eigenvalue weighted by Crippen LogP contribution is -2.35. The van der Waals surface area contributed by atoms with Crippen molar-refractivity contribution < 1.29 is 19.4 Å². The molecule has 1 heterocycles. The molecule has 4 heteroatoms. The molecule has 116 valence electrons. The van der Waals surface area contributed by atoms with Crippen LogP contribution in [0.5, 0.6) is 5.75 Å². The predicted octanol–water partition coefficient (Wildman–Crippen LogP) is 3.06. The van der Waals surface area contributed by atoms with Crippen LogP contribution in [-0.2, 0) is 0 Å². The first-order chi connectivity index (χ1) is 13.4. The van der Waals surface area contributed by atoms with E-state index in [1.807, 2.05) is 30.3 Å². The van der Waals surface area contributed by atoms with Crippen LogP contribution in [0.3, 0.4) is 0 Å². The molecule has 3 N–H and O–H groups in total. The molecule has 0 saturated carbocycles. The number of aliphatic hydroxyl groups excluding tert-OH is 1. The van der Waals surface area contributed by atoms with Crippen LogP contribution in [0.1, 0.15) is 23.3 Å². The van der Waals surface area contributed by atoms with E-state index in [0.29, 0.717) is 5.75 Å². The van der Waals surface area contributed by atoms with Gasteiger partial charge in [0.1, 0.15) is 18.5 Å². The highest BCUT2D eigenvalue weighted by atomic mass is 16.5. The summed E-state index contributed by atoms with van der Waals surface area (Å²) in [6.45, 7) is -6.84. The summed E-state index contributed by atoms with van der Waals surface area (Å²) in [6, 6.07) is 10.3. The second-order valence-corrected chi connectivity index (χ2v) is 5.07. The number of nitrogens with one attached hydrogen (secondary N) is 2. The molecule has 0 radical (unpaired) electrons. The van der Waals surface area contributed by atoms with Crippen molar-refractivity contribution in [3.8, 4) is 5.75 Å². The van der Waals surface area contributed by atoms with E-state index in [9.17, 15) is 5.11 Å². The Bertz CT molecular complexity index is 983. The number of para-hydroxylation sites is 1. The van der Waals surface area contributed by atoms with E-state index in [0.717, 1.165) is 21.8 Å². The van der Waals surface area contributed by atoms with Gasteiger partial charge in [0.05, 0.1) is 5.52 Å². The van der Waals surface area contributed by atoms with Crippen LogP contribution < -0.4 is 10.1 Å². The molecular formula is C18H22N2O2. The molecule has 0 bridgehead atoms. The Kier molecular flexibility index (Phi) is 2.48. The standard InChI is InChI=1S/C18H22N2O2/c1-12(2)19-10-13(21)11-22-17-9-5-8-16-18(17)14-6-3-4-7-15(14)20-16/h3-9,12-13,19-21H,10-11H2,1-2H3/i1D3,2D3,12D. The van der Waals surface area contributed by atoms with E-state index in [1.54, 1.807) is 12.1 Å². The van der Waals surface area contributed by atoms with Gasteiger partial charge in [-0.05, 0) is 18.2 Å². The molecule has 2 aromatic carbocycles. The van der Waals surface area contributed by atoms with Crippen molar-refractivity contribution in [3.63, 3.8) is 0 Å². The highest BCUT2D eigenvalue weighted by Gasteiger charge is 2.11. The van der Waals surface area contributed by atoms with Gasteiger partial charge >= 0.3 is 0 Å². The molecule has 3 aromatic rings. The van der Waals surface area contributed by atoms with Crippen LogP contribution in [0.25, 0.3) is 21.8 Å². The topological polar surface area (TPSA) is 57.3 Å². The smallest absolute Gasteiger partial charge is 0.129 e. The number of aliphatic hydroxyl groups is 1. The number of benzene rings is 2. The average Bonchev–Trinajstić information content (AvgIpc) is 3.01. The zero-order valence-corrected chi connectivity index (χ0v) is 11.9. The fraction of sp³-hybridized carbons (Fsp3) is 0.333. The van der Waals surface area contributed by atoms with E-state index in [4.69, 9.17) is 14.3 Å². The minimum absolute atomic E-state index is 0.205. The highest BCUT2D eigenvalue weighted by Crippen LogP contribution is 2.32. The van der Waals surface area contributed by atoms with Gasteiger partial charge in [0.15, 0.2) is 0 Å². The minimum Gasteiger partial charge on any atom is -0.490 e. The third kappa shape index (κ3) is 3.08. The quantitative estimate of drug-likeness (QED) is 0.656. The second-order valence-electron chi connectivity index (χ2n) is 5.07. The van der Waals surface area contributed by atoms with E-state index in [1.165, 1.54) is 0 Å². The van der Waals surface area contributed by atoms with Gasteiger partial charge in [-0.15, -0.1) is 0 Å². The molecular weight excluding hydrogens is 276 g/mol. The van der Waals surface area contributed by atoms with Crippen LogP contribution in [0.4, 0.5) is 0 Å². The van der Waals surface area contributed by atoms with Gasteiger partial charge in [-0.25, -0.2) is 0 Å². The number of rotatable bonds is 6. The van der Waals surface area contributed by atoms with Crippen molar-refractivity contribution in [1.82, 2.24) is 10.3 Å². The number of fused-ring (bicyclic) bond motifs is 3. The summed E-state index contributed by atoms with van der Waals surface area (Å²) in [7, 11) is 0.